The molecule has 0 aromatic rings. The standard InChI is InChI=1S/C4H9NO2/c1-2-7-4(5)3-6/h2,4,6H,1,3,5H2. The van der Waals surface area contributed by atoms with Crippen molar-refractivity contribution in [1.29, 1.82) is 0 Å². The summed E-state index contributed by atoms with van der Waals surface area (Å²) in [6.07, 6.45) is 0.582. The number of hydrogen-bond acceptors (Lipinski definition) is 3. The van der Waals surface area contributed by atoms with E-state index in [-0.39, 0.29) is 6.61 Å². The van der Waals surface area contributed by atoms with E-state index in [0.717, 1.165) is 0 Å². The summed E-state index contributed by atoms with van der Waals surface area (Å²) < 4.78 is 4.48. The zero-order chi connectivity index (χ0) is 5.70. The minimum absolute atomic E-state index is 0.175. The fourth-order valence-corrected chi connectivity index (χ4v) is 0.167. The molecular weight excluding hydrogens is 94.0 g/mol. The first-order chi connectivity index (χ1) is 3.31. The zero-order valence-electron chi connectivity index (χ0n) is 4.00. The largest absolute Gasteiger partial charge is 0.481 e. The Morgan fingerprint density at radius 3 is 2.71 bits per heavy atom. The van der Waals surface area contributed by atoms with Crippen molar-refractivity contribution in [3.8, 4) is 0 Å². The van der Waals surface area contributed by atoms with E-state index in [1.54, 1.807) is 0 Å². The van der Waals surface area contributed by atoms with E-state index in [2.05, 4.69) is 11.3 Å². The fourth-order valence-electron chi connectivity index (χ4n) is 0.167. The van der Waals surface area contributed by atoms with Crippen molar-refractivity contribution in [3.63, 3.8) is 0 Å². The maximum atomic E-state index is 8.17. The number of aliphatic hydroxyl groups excluding tert-OH is 1. The highest BCUT2D eigenvalue weighted by atomic mass is 16.5. The normalized spacial score (nSPS) is 12.9. The second-order valence-corrected chi connectivity index (χ2v) is 1.02. The third-order valence-corrected chi connectivity index (χ3v) is 0.451. The lowest BCUT2D eigenvalue weighted by atomic mass is 10.6. The molecule has 0 saturated heterocycles. The van der Waals surface area contributed by atoms with Crippen molar-refractivity contribution in [2.75, 3.05) is 6.61 Å². The SMILES string of the molecule is C=COC(N)CO. The maximum Gasteiger partial charge on any atom is 0.170 e. The number of aliphatic hydroxyl groups is 1. The molecule has 0 rings (SSSR count). The average molecular weight is 103 g/mol. The Hall–Kier alpha value is -0.540. The molecule has 0 aliphatic rings. The van der Waals surface area contributed by atoms with Crippen LogP contribution in [0.15, 0.2) is 12.8 Å². The summed E-state index contributed by atoms with van der Waals surface area (Å²) in [7, 11) is 0. The minimum atomic E-state index is -0.613. The minimum Gasteiger partial charge on any atom is -0.481 e. The lowest BCUT2D eigenvalue weighted by molar-refractivity contribution is 0.0832. The van der Waals surface area contributed by atoms with Crippen molar-refractivity contribution in [3.05, 3.63) is 12.8 Å². The molecule has 0 aliphatic carbocycles. The van der Waals surface area contributed by atoms with Crippen LogP contribution in [-0.2, 0) is 4.74 Å². The first kappa shape index (κ1) is 6.46. The van der Waals surface area contributed by atoms with Gasteiger partial charge in [0, 0.05) is 0 Å². The average Bonchev–Trinajstić information content (AvgIpc) is 1.68. The second-order valence-electron chi connectivity index (χ2n) is 1.02. The molecule has 0 heterocycles. The number of ether oxygens (including phenoxy) is 1. The summed E-state index contributed by atoms with van der Waals surface area (Å²) in [5, 5.41) is 8.17. The predicted octanol–water partition coefficient (Wildman–Crippen LogP) is -0.576. The molecule has 3 N–H and O–H groups in total. The van der Waals surface area contributed by atoms with Gasteiger partial charge in [-0.1, -0.05) is 6.58 Å². The van der Waals surface area contributed by atoms with Crippen LogP contribution in [0.25, 0.3) is 0 Å². The van der Waals surface area contributed by atoms with Gasteiger partial charge in [0.1, 0.15) is 0 Å². The van der Waals surface area contributed by atoms with Crippen LogP contribution in [0.1, 0.15) is 0 Å². The Labute approximate surface area is 42.4 Å². The molecule has 1 atom stereocenters. The van der Waals surface area contributed by atoms with Crippen molar-refractivity contribution >= 4 is 0 Å². The van der Waals surface area contributed by atoms with E-state index in [9.17, 15) is 0 Å². The van der Waals surface area contributed by atoms with Gasteiger partial charge in [-0.3, -0.25) is 5.73 Å². The quantitative estimate of drug-likeness (QED) is 0.371. The monoisotopic (exact) mass is 103 g/mol. The Bertz CT molecular complexity index is 55.7. The van der Waals surface area contributed by atoms with Gasteiger partial charge >= 0.3 is 0 Å². The molecule has 3 heteroatoms. The van der Waals surface area contributed by atoms with Crippen molar-refractivity contribution in [2.45, 2.75) is 6.23 Å². The number of nitrogens with two attached hydrogens (primary N) is 1. The van der Waals surface area contributed by atoms with Crippen LogP contribution in [0.4, 0.5) is 0 Å². The third kappa shape index (κ3) is 3.29. The molecule has 0 spiro atoms. The van der Waals surface area contributed by atoms with Crippen LogP contribution in [0.3, 0.4) is 0 Å². The third-order valence-electron chi connectivity index (χ3n) is 0.451. The fraction of sp³-hybridized carbons (Fsp3) is 0.500. The Morgan fingerprint density at radius 2 is 2.57 bits per heavy atom. The molecule has 42 valence electrons. The molecule has 0 amide bonds. The van der Waals surface area contributed by atoms with Crippen LogP contribution >= 0.6 is 0 Å². The predicted molar refractivity (Wildman–Crippen MR) is 26.3 cm³/mol. The molecule has 7 heavy (non-hydrogen) atoms. The van der Waals surface area contributed by atoms with Gasteiger partial charge in [-0.15, -0.1) is 0 Å². The summed E-state index contributed by atoms with van der Waals surface area (Å²) in [5.74, 6) is 0. The lowest BCUT2D eigenvalue weighted by Crippen LogP contribution is -2.25. The van der Waals surface area contributed by atoms with Gasteiger partial charge in [-0.25, -0.2) is 0 Å². The highest BCUT2D eigenvalue weighted by molar-refractivity contribution is 4.52. The molecule has 0 aliphatic heterocycles. The molecule has 0 fully saturated rings. The topological polar surface area (TPSA) is 55.5 Å². The molecular formula is C4H9NO2. The highest BCUT2D eigenvalue weighted by Crippen LogP contribution is 1.77. The molecule has 0 saturated carbocycles. The van der Waals surface area contributed by atoms with E-state index < -0.39 is 6.23 Å². The van der Waals surface area contributed by atoms with Crippen molar-refractivity contribution in [2.24, 2.45) is 5.73 Å². The maximum absolute atomic E-state index is 8.17. The molecule has 0 radical (unpaired) electrons. The number of rotatable bonds is 3. The van der Waals surface area contributed by atoms with Crippen LogP contribution in [-0.4, -0.2) is 17.9 Å². The van der Waals surface area contributed by atoms with Crippen LogP contribution in [0.5, 0.6) is 0 Å². The van der Waals surface area contributed by atoms with Gasteiger partial charge in [0.25, 0.3) is 0 Å². The van der Waals surface area contributed by atoms with Gasteiger partial charge in [0.2, 0.25) is 0 Å². The summed E-state index contributed by atoms with van der Waals surface area (Å²) in [6.45, 7) is 3.06. The van der Waals surface area contributed by atoms with Gasteiger partial charge in [-0.05, 0) is 0 Å². The molecule has 1 unspecified atom stereocenters. The van der Waals surface area contributed by atoms with Crippen molar-refractivity contribution < 1.29 is 9.84 Å². The smallest absolute Gasteiger partial charge is 0.170 e. The summed E-state index contributed by atoms with van der Waals surface area (Å²) in [5.41, 5.74) is 5.04. The van der Waals surface area contributed by atoms with Gasteiger partial charge in [0.15, 0.2) is 6.23 Å². The molecule has 0 aromatic heterocycles. The van der Waals surface area contributed by atoms with Crippen molar-refractivity contribution in [1.82, 2.24) is 0 Å². The van der Waals surface area contributed by atoms with E-state index in [1.165, 1.54) is 6.26 Å². The van der Waals surface area contributed by atoms with Crippen LogP contribution in [0, 0.1) is 0 Å². The molecule has 0 aromatic carbocycles. The van der Waals surface area contributed by atoms with E-state index in [0.29, 0.717) is 0 Å². The lowest BCUT2D eigenvalue weighted by Gasteiger charge is -2.04. The van der Waals surface area contributed by atoms with E-state index >= 15 is 0 Å². The first-order valence-corrected chi connectivity index (χ1v) is 1.94. The first-order valence-electron chi connectivity index (χ1n) is 1.94. The van der Waals surface area contributed by atoms with Gasteiger partial charge in [-0.2, -0.15) is 0 Å². The summed E-state index contributed by atoms with van der Waals surface area (Å²) >= 11 is 0. The van der Waals surface area contributed by atoms with E-state index in [1.807, 2.05) is 0 Å². The second kappa shape index (κ2) is 3.64. The van der Waals surface area contributed by atoms with Crippen LogP contribution < -0.4 is 5.73 Å². The van der Waals surface area contributed by atoms with Gasteiger partial charge < -0.3 is 9.84 Å². The molecule has 3 nitrogen and oxygen atoms in total. The summed E-state index contributed by atoms with van der Waals surface area (Å²) in [6, 6.07) is 0. The Balaban J connectivity index is 2.98. The van der Waals surface area contributed by atoms with E-state index in [4.69, 9.17) is 10.8 Å². The van der Waals surface area contributed by atoms with Crippen LogP contribution in [0.2, 0.25) is 0 Å². The highest BCUT2D eigenvalue weighted by Gasteiger charge is 1.92. The Morgan fingerprint density at radius 1 is 2.00 bits per heavy atom. The Kier molecular flexibility index (Phi) is 3.36. The summed E-state index contributed by atoms with van der Waals surface area (Å²) in [4.78, 5) is 0. The molecule has 0 bridgehead atoms. The van der Waals surface area contributed by atoms with Gasteiger partial charge in [0.05, 0.1) is 12.9 Å². The zero-order valence-corrected chi connectivity index (χ0v) is 4.00. The number of hydrogen-bond donors (Lipinski definition) is 2.